The summed E-state index contributed by atoms with van der Waals surface area (Å²) in [6, 6.07) is 7.99. The minimum Gasteiger partial charge on any atom is -0.311 e. The summed E-state index contributed by atoms with van der Waals surface area (Å²) in [5, 5.41) is 3.46. The van der Waals surface area contributed by atoms with Crippen LogP contribution in [-0.2, 0) is 6.54 Å². The first-order valence-corrected chi connectivity index (χ1v) is 6.24. The maximum Gasteiger partial charge on any atom is 0.0890 e. The van der Waals surface area contributed by atoms with E-state index in [9.17, 15) is 0 Å². The van der Waals surface area contributed by atoms with Crippen LogP contribution in [0.4, 0.5) is 0 Å². The summed E-state index contributed by atoms with van der Waals surface area (Å²) in [4.78, 5) is 8.99. The molecule has 2 aromatic rings. The van der Waals surface area contributed by atoms with Crippen LogP contribution in [0.1, 0.15) is 19.0 Å². The second-order valence-corrected chi connectivity index (χ2v) is 4.95. The molecule has 1 fully saturated rings. The van der Waals surface area contributed by atoms with Gasteiger partial charge in [-0.3, -0.25) is 4.98 Å². The van der Waals surface area contributed by atoms with Crippen LogP contribution in [0.5, 0.6) is 0 Å². The van der Waals surface area contributed by atoms with E-state index in [2.05, 4.69) is 22.2 Å². The van der Waals surface area contributed by atoms with Crippen LogP contribution in [0.3, 0.4) is 0 Å². The Bertz CT molecular complexity index is 524. The lowest BCUT2D eigenvalue weighted by molar-refractivity contribution is 0.605. The third kappa shape index (κ3) is 2.44. The van der Waals surface area contributed by atoms with Gasteiger partial charge in [0, 0.05) is 6.54 Å². The molecule has 1 aliphatic rings. The SMILES string of the molecule is CC1CC1CNCc1cnc2ccccc2n1. The first kappa shape index (κ1) is 10.7. The van der Waals surface area contributed by atoms with Crippen molar-refractivity contribution in [3.8, 4) is 0 Å². The maximum atomic E-state index is 4.59. The average Bonchev–Trinajstić information content (AvgIpc) is 3.05. The fraction of sp³-hybridized carbons (Fsp3) is 0.429. The van der Waals surface area contributed by atoms with Crippen molar-refractivity contribution in [1.29, 1.82) is 0 Å². The Morgan fingerprint density at radius 1 is 1.29 bits per heavy atom. The van der Waals surface area contributed by atoms with Crippen molar-refractivity contribution in [3.63, 3.8) is 0 Å². The summed E-state index contributed by atoms with van der Waals surface area (Å²) < 4.78 is 0. The molecule has 0 aliphatic heterocycles. The highest BCUT2D eigenvalue weighted by Crippen LogP contribution is 2.36. The van der Waals surface area contributed by atoms with Gasteiger partial charge < -0.3 is 5.32 Å². The predicted octanol–water partition coefficient (Wildman–Crippen LogP) is 2.38. The number of nitrogens with zero attached hydrogens (tertiary/aromatic N) is 2. The van der Waals surface area contributed by atoms with E-state index in [0.29, 0.717) is 0 Å². The van der Waals surface area contributed by atoms with E-state index >= 15 is 0 Å². The molecule has 0 bridgehead atoms. The average molecular weight is 227 g/mol. The zero-order chi connectivity index (χ0) is 11.7. The number of nitrogens with one attached hydrogen (secondary N) is 1. The molecule has 0 saturated heterocycles. The van der Waals surface area contributed by atoms with Gasteiger partial charge >= 0.3 is 0 Å². The molecule has 1 aromatic carbocycles. The topological polar surface area (TPSA) is 37.8 Å². The molecule has 1 saturated carbocycles. The van der Waals surface area contributed by atoms with Crippen molar-refractivity contribution >= 4 is 11.0 Å². The monoisotopic (exact) mass is 227 g/mol. The van der Waals surface area contributed by atoms with Gasteiger partial charge in [-0.25, -0.2) is 4.98 Å². The molecule has 1 heterocycles. The zero-order valence-electron chi connectivity index (χ0n) is 10.1. The highest BCUT2D eigenvalue weighted by atomic mass is 14.9. The highest BCUT2D eigenvalue weighted by molar-refractivity contribution is 5.73. The van der Waals surface area contributed by atoms with E-state index in [1.54, 1.807) is 0 Å². The Labute approximate surface area is 101 Å². The number of aromatic nitrogens is 2. The maximum absolute atomic E-state index is 4.59. The lowest BCUT2D eigenvalue weighted by Gasteiger charge is -2.04. The van der Waals surface area contributed by atoms with Crippen LogP contribution < -0.4 is 5.32 Å². The van der Waals surface area contributed by atoms with E-state index in [4.69, 9.17) is 0 Å². The van der Waals surface area contributed by atoms with Crippen LogP contribution in [0.2, 0.25) is 0 Å². The molecule has 1 N–H and O–H groups in total. The molecule has 88 valence electrons. The normalized spacial score (nSPS) is 22.9. The smallest absolute Gasteiger partial charge is 0.0890 e. The van der Waals surface area contributed by atoms with Gasteiger partial charge in [0.05, 0.1) is 22.9 Å². The largest absolute Gasteiger partial charge is 0.311 e. The second-order valence-electron chi connectivity index (χ2n) is 4.95. The molecule has 1 aliphatic carbocycles. The van der Waals surface area contributed by atoms with Crippen molar-refractivity contribution in [1.82, 2.24) is 15.3 Å². The molecule has 2 unspecified atom stereocenters. The minimum atomic E-state index is 0.820. The Morgan fingerprint density at radius 3 is 2.82 bits per heavy atom. The Balaban J connectivity index is 1.64. The van der Waals surface area contributed by atoms with Crippen LogP contribution in [0.15, 0.2) is 30.5 Å². The molecular weight excluding hydrogens is 210 g/mol. The lowest BCUT2D eigenvalue weighted by Crippen LogP contribution is -2.17. The molecule has 3 rings (SSSR count). The van der Waals surface area contributed by atoms with Gasteiger partial charge in [0.1, 0.15) is 0 Å². The van der Waals surface area contributed by atoms with E-state index in [0.717, 1.165) is 41.7 Å². The molecule has 1 aromatic heterocycles. The van der Waals surface area contributed by atoms with Crippen LogP contribution >= 0.6 is 0 Å². The van der Waals surface area contributed by atoms with Crippen molar-refractivity contribution in [3.05, 3.63) is 36.2 Å². The van der Waals surface area contributed by atoms with Crippen molar-refractivity contribution in [2.75, 3.05) is 6.54 Å². The molecule has 0 radical (unpaired) electrons. The fourth-order valence-corrected chi connectivity index (χ4v) is 2.15. The number of para-hydroxylation sites is 2. The zero-order valence-corrected chi connectivity index (χ0v) is 10.1. The Morgan fingerprint density at radius 2 is 2.06 bits per heavy atom. The second kappa shape index (κ2) is 4.41. The Hall–Kier alpha value is -1.48. The van der Waals surface area contributed by atoms with Crippen molar-refractivity contribution in [2.45, 2.75) is 19.9 Å². The predicted molar refractivity (Wildman–Crippen MR) is 68.5 cm³/mol. The van der Waals surface area contributed by atoms with E-state index in [1.807, 2.05) is 30.5 Å². The lowest BCUT2D eigenvalue weighted by atomic mass is 10.3. The number of benzene rings is 1. The molecule has 3 heteroatoms. The minimum absolute atomic E-state index is 0.820. The first-order valence-electron chi connectivity index (χ1n) is 6.24. The van der Waals surface area contributed by atoms with Gasteiger partial charge in [-0.05, 0) is 36.9 Å². The standard InChI is InChI=1S/C14H17N3/c1-10-6-11(10)7-15-8-12-9-16-13-4-2-3-5-14(13)17-12/h2-5,9-11,15H,6-8H2,1H3. The summed E-state index contributed by atoms with van der Waals surface area (Å²) in [6.07, 6.45) is 3.24. The molecule has 17 heavy (non-hydrogen) atoms. The first-order chi connectivity index (χ1) is 8.33. The molecule has 2 atom stereocenters. The highest BCUT2D eigenvalue weighted by Gasteiger charge is 2.31. The van der Waals surface area contributed by atoms with Gasteiger partial charge in [0.2, 0.25) is 0 Å². The molecule has 3 nitrogen and oxygen atoms in total. The van der Waals surface area contributed by atoms with Crippen LogP contribution in [0, 0.1) is 11.8 Å². The third-order valence-corrected chi connectivity index (χ3v) is 3.49. The summed E-state index contributed by atoms with van der Waals surface area (Å²) in [5.41, 5.74) is 2.97. The summed E-state index contributed by atoms with van der Waals surface area (Å²) >= 11 is 0. The van der Waals surface area contributed by atoms with Gasteiger partial charge in [-0.1, -0.05) is 19.1 Å². The summed E-state index contributed by atoms with van der Waals surface area (Å²) in [6.45, 7) is 4.24. The van der Waals surface area contributed by atoms with Crippen molar-refractivity contribution in [2.24, 2.45) is 11.8 Å². The van der Waals surface area contributed by atoms with E-state index < -0.39 is 0 Å². The van der Waals surface area contributed by atoms with Gasteiger partial charge in [-0.2, -0.15) is 0 Å². The third-order valence-electron chi connectivity index (χ3n) is 3.49. The van der Waals surface area contributed by atoms with Gasteiger partial charge in [0.15, 0.2) is 0 Å². The number of fused-ring (bicyclic) bond motifs is 1. The van der Waals surface area contributed by atoms with Gasteiger partial charge in [0.25, 0.3) is 0 Å². The van der Waals surface area contributed by atoms with E-state index in [1.165, 1.54) is 6.42 Å². The summed E-state index contributed by atoms with van der Waals surface area (Å²) in [5.74, 6) is 1.79. The quantitative estimate of drug-likeness (QED) is 0.871. The number of rotatable bonds is 4. The van der Waals surface area contributed by atoms with Gasteiger partial charge in [-0.15, -0.1) is 0 Å². The number of hydrogen-bond donors (Lipinski definition) is 1. The van der Waals surface area contributed by atoms with Crippen molar-refractivity contribution < 1.29 is 0 Å². The Kier molecular flexibility index (Phi) is 2.77. The summed E-state index contributed by atoms with van der Waals surface area (Å²) in [7, 11) is 0. The van der Waals surface area contributed by atoms with E-state index in [-0.39, 0.29) is 0 Å². The van der Waals surface area contributed by atoms with Crippen LogP contribution in [-0.4, -0.2) is 16.5 Å². The molecule has 0 spiro atoms. The molecular formula is C14H17N3. The van der Waals surface area contributed by atoms with Crippen LogP contribution in [0.25, 0.3) is 11.0 Å². The fourth-order valence-electron chi connectivity index (χ4n) is 2.15. The molecule has 0 amide bonds. The number of hydrogen-bond acceptors (Lipinski definition) is 3.